The lowest BCUT2D eigenvalue weighted by atomic mass is 10.1. The largest absolute Gasteiger partial charge is 0.292 e. The smallest absolute Gasteiger partial charge is 0.0248 e. The molecule has 94 valence electrons. The van der Waals surface area contributed by atoms with Crippen molar-refractivity contribution >= 4 is 11.3 Å². The van der Waals surface area contributed by atoms with E-state index in [1.54, 1.807) is 11.3 Å². The Morgan fingerprint density at radius 2 is 2.00 bits per heavy atom. The Morgan fingerprint density at radius 1 is 1.17 bits per heavy atom. The third-order valence-corrected chi connectivity index (χ3v) is 4.23. The SMILES string of the molecule is Cc1cccc(CN(Cc2ccsc2)C2CC2)c1. The molecule has 1 heterocycles. The quantitative estimate of drug-likeness (QED) is 0.775. The van der Waals surface area contributed by atoms with Crippen molar-refractivity contribution in [1.82, 2.24) is 4.90 Å². The van der Waals surface area contributed by atoms with Crippen LogP contribution in [0.1, 0.15) is 29.5 Å². The molecule has 0 N–H and O–H groups in total. The van der Waals surface area contributed by atoms with Crippen LogP contribution in [-0.4, -0.2) is 10.9 Å². The van der Waals surface area contributed by atoms with Crippen molar-refractivity contribution in [1.29, 1.82) is 0 Å². The van der Waals surface area contributed by atoms with E-state index in [1.165, 1.54) is 29.5 Å². The summed E-state index contributed by atoms with van der Waals surface area (Å²) in [5, 5.41) is 4.44. The molecule has 1 aromatic heterocycles. The highest BCUT2D eigenvalue weighted by atomic mass is 32.1. The number of aryl methyl sites for hydroxylation is 1. The van der Waals surface area contributed by atoms with Crippen LogP contribution in [0.3, 0.4) is 0 Å². The van der Waals surface area contributed by atoms with Gasteiger partial charge in [-0.15, -0.1) is 0 Å². The highest BCUT2D eigenvalue weighted by Gasteiger charge is 2.28. The van der Waals surface area contributed by atoms with Gasteiger partial charge in [0, 0.05) is 19.1 Å². The molecule has 1 saturated carbocycles. The minimum Gasteiger partial charge on any atom is -0.292 e. The zero-order valence-electron chi connectivity index (χ0n) is 10.8. The fourth-order valence-electron chi connectivity index (χ4n) is 2.42. The van der Waals surface area contributed by atoms with Gasteiger partial charge in [-0.3, -0.25) is 4.90 Å². The van der Waals surface area contributed by atoms with E-state index in [2.05, 4.69) is 52.9 Å². The van der Waals surface area contributed by atoms with Crippen LogP contribution in [0.25, 0.3) is 0 Å². The molecule has 1 fully saturated rings. The summed E-state index contributed by atoms with van der Waals surface area (Å²) in [6.07, 6.45) is 2.74. The number of rotatable bonds is 5. The molecule has 18 heavy (non-hydrogen) atoms. The molecule has 0 unspecified atom stereocenters. The summed E-state index contributed by atoms with van der Waals surface area (Å²) in [4.78, 5) is 2.62. The number of benzene rings is 1. The van der Waals surface area contributed by atoms with Gasteiger partial charge in [-0.05, 0) is 47.7 Å². The van der Waals surface area contributed by atoms with E-state index in [-0.39, 0.29) is 0 Å². The van der Waals surface area contributed by atoms with Crippen molar-refractivity contribution in [2.75, 3.05) is 0 Å². The Labute approximate surface area is 113 Å². The van der Waals surface area contributed by atoms with Crippen LogP contribution >= 0.6 is 11.3 Å². The number of hydrogen-bond donors (Lipinski definition) is 0. The van der Waals surface area contributed by atoms with Gasteiger partial charge < -0.3 is 0 Å². The van der Waals surface area contributed by atoms with Gasteiger partial charge in [-0.1, -0.05) is 29.8 Å². The minimum atomic E-state index is 0.811. The molecule has 3 rings (SSSR count). The maximum Gasteiger partial charge on any atom is 0.0248 e. The fourth-order valence-corrected chi connectivity index (χ4v) is 3.08. The highest BCUT2D eigenvalue weighted by Crippen LogP contribution is 2.30. The first-order valence-electron chi connectivity index (χ1n) is 6.62. The summed E-state index contributed by atoms with van der Waals surface area (Å²) in [6, 6.07) is 11.9. The zero-order chi connectivity index (χ0) is 12.4. The number of hydrogen-bond acceptors (Lipinski definition) is 2. The lowest BCUT2D eigenvalue weighted by Crippen LogP contribution is -2.24. The second-order valence-electron chi connectivity index (χ2n) is 5.26. The molecule has 0 aliphatic heterocycles. The van der Waals surface area contributed by atoms with Gasteiger partial charge in [0.2, 0.25) is 0 Å². The molecule has 0 saturated heterocycles. The van der Waals surface area contributed by atoms with Crippen LogP contribution in [0, 0.1) is 6.92 Å². The maximum absolute atomic E-state index is 2.62. The monoisotopic (exact) mass is 257 g/mol. The van der Waals surface area contributed by atoms with E-state index in [4.69, 9.17) is 0 Å². The summed E-state index contributed by atoms with van der Waals surface area (Å²) in [5.74, 6) is 0. The Bertz CT molecular complexity index is 500. The molecule has 0 spiro atoms. The summed E-state index contributed by atoms with van der Waals surface area (Å²) in [6.45, 7) is 4.36. The molecule has 0 atom stereocenters. The van der Waals surface area contributed by atoms with Gasteiger partial charge in [-0.2, -0.15) is 11.3 Å². The van der Waals surface area contributed by atoms with Gasteiger partial charge in [0.25, 0.3) is 0 Å². The van der Waals surface area contributed by atoms with E-state index in [0.29, 0.717) is 0 Å². The Hall–Kier alpha value is -1.12. The molecule has 1 aliphatic carbocycles. The van der Waals surface area contributed by atoms with Crippen LogP contribution in [0.4, 0.5) is 0 Å². The first kappa shape index (κ1) is 11.9. The fraction of sp³-hybridized carbons (Fsp3) is 0.375. The van der Waals surface area contributed by atoms with Crippen LogP contribution in [-0.2, 0) is 13.1 Å². The Morgan fingerprint density at radius 3 is 2.67 bits per heavy atom. The molecule has 0 radical (unpaired) electrons. The number of nitrogens with zero attached hydrogens (tertiary/aromatic N) is 1. The molecule has 1 aromatic carbocycles. The molecule has 2 heteroatoms. The lowest BCUT2D eigenvalue weighted by molar-refractivity contribution is 0.246. The first-order valence-corrected chi connectivity index (χ1v) is 7.56. The van der Waals surface area contributed by atoms with E-state index >= 15 is 0 Å². The predicted molar refractivity (Wildman–Crippen MR) is 77.8 cm³/mol. The second-order valence-corrected chi connectivity index (χ2v) is 6.04. The predicted octanol–water partition coefficient (Wildman–Crippen LogP) is 4.22. The molecular weight excluding hydrogens is 238 g/mol. The lowest BCUT2D eigenvalue weighted by Gasteiger charge is -2.21. The number of thiophene rings is 1. The zero-order valence-corrected chi connectivity index (χ0v) is 11.6. The van der Waals surface area contributed by atoms with Gasteiger partial charge in [0.05, 0.1) is 0 Å². The van der Waals surface area contributed by atoms with Gasteiger partial charge in [0.15, 0.2) is 0 Å². The van der Waals surface area contributed by atoms with Crippen molar-refractivity contribution in [3.05, 3.63) is 57.8 Å². The van der Waals surface area contributed by atoms with Crippen LogP contribution < -0.4 is 0 Å². The Balaban J connectivity index is 1.70. The van der Waals surface area contributed by atoms with E-state index in [9.17, 15) is 0 Å². The molecule has 0 amide bonds. The van der Waals surface area contributed by atoms with Gasteiger partial charge in [-0.25, -0.2) is 0 Å². The van der Waals surface area contributed by atoms with Crippen LogP contribution in [0.2, 0.25) is 0 Å². The molecule has 2 aromatic rings. The Kier molecular flexibility index (Phi) is 3.48. The van der Waals surface area contributed by atoms with Crippen molar-refractivity contribution in [2.24, 2.45) is 0 Å². The van der Waals surface area contributed by atoms with E-state index in [1.807, 2.05) is 0 Å². The van der Waals surface area contributed by atoms with Crippen LogP contribution in [0.5, 0.6) is 0 Å². The van der Waals surface area contributed by atoms with Gasteiger partial charge >= 0.3 is 0 Å². The molecule has 1 aliphatic rings. The van der Waals surface area contributed by atoms with Crippen molar-refractivity contribution < 1.29 is 0 Å². The minimum absolute atomic E-state index is 0.811. The van der Waals surface area contributed by atoms with E-state index in [0.717, 1.165) is 19.1 Å². The third kappa shape index (κ3) is 3.01. The van der Waals surface area contributed by atoms with Crippen molar-refractivity contribution in [2.45, 2.75) is 38.9 Å². The first-order chi connectivity index (χ1) is 8.81. The third-order valence-electron chi connectivity index (χ3n) is 3.50. The van der Waals surface area contributed by atoms with Crippen LogP contribution in [0.15, 0.2) is 41.1 Å². The van der Waals surface area contributed by atoms with Gasteiger partial charge in [0.1, 0.15) is 0 Å². The molecular formula is C16H19NS. The normalized spacial score (nSPS) is 15.2. The van der Waals surface area contributed by atoms with E-state index < -0.39 is 0 Å². The maximum atomic E-state index is 2.62. The average molecular weight is 257 g/mol. The summed E-state index contributed by atoms with van der Waals surface area (Å²) in [5.41, 5.74) is 4.26. The second kappa shape index (κ2) is 5.25. The average Bonchev–Trinajstić information content (AvgIpc) is 3.08. The highest BCUT2D eigenvalue weighted by molar-refractivity contribution is 7.07. The molecule has 1 nitrogen and oxygen atoms in total. The molecule has 0 bridgehead atoms. The summed E-state index contributed by atoms with van der Waals surface area (Å²) in [7, 11) is 0. The topological polar surface area (TPSA) is 3.24 Å². The van der Waals surface area contributed by atoms with Crippen molar-refractivity contribution in [3.8, 4) is 0 Å². The standard InChI is InChI=1S/C16H19NS/c1-13-3-2-4-14(9-13)10-17(16-5-6-16)11-15-7-8-18-12-15/h2-4,7-9,12,16H,5-6,10-11H2,1H3. The summed E-state index contributed by atoms with van der Waals surface area (Å²) < 4.78 is 0. The van der Waals surface area contributed by atoms with Crippen molar-refractivity contribution in [3.63, 3.8) is 0 Å². The summed E-state index contributed by atoms with van der Waals surface area (Å²) >= 11 is 1.80.